The van der Waals surface area contributed by atoms with Crippen LogP contribution in [0.3, 0.4) is 0 Å². The van der Waals surface area contributed by atoms with Gasteiger partial charge in [0.15, 0.2) is 0 Å². The number of carbonyl (C=O) groups excluding carboxylic acids is 1. The standard InChI is InChI=1S/C13H17FN2O/c1-9(10-2-4-12(14)5-3-10)6-16-13(17)11-7-15-8-11/h2-5,9,11,15H,6-8H2,1H3,(H,16,17). The Bertz CT molecular complexity index is 387. The molecule has 1 aliphatic heterocycles. The van der Waals surface area contributed by atoms with Crippen LogP contribution < -0.4 is 10.6 Å². The Morgan fingerprint density at radius 2 is 2.12 bits per heavy atom. The van der Waals surface area contributed by atoms with Gasteiger partial charge in [-0.1, -0.05) is 19.1 Å². The first-order valence-electron chi connectivity index (χ1n) is 5.90. The summed E-state index contributed by atoms with van der Waals surface area (Å²) in [5, 5.41) is 5.99. The van der Waals surface area contributed by atoms with E-state index in [4.69, 9.17) is 0 Å². The molecule has 3 nitrogen and oxygen atoms in total. The average Bonchev–Trinajstić information content (AvgIpc) is 2.24. The Hall–Kier alpha value is -1.42. The summed E-state index contributed by atoms with van der Waals surface area (Å²) < 4.78 is 12.7. The number of benzene rings is 1. The molecule has 1 amide bonds. The Morgan fingerprint density at radius 1 is 1.47 bits per heavy atom. The molecule has 1 atom stereocenters. The van der Waals surface area contributed by atoms with E-state index in [-0.39, 0.29) is 23.6 Å². The highest BCUT2D eigenvalue weighted by Gasteiger charge is 2.24. The molecule has 4 heteroatoms. The van der Waals surface area contributed by atoms with Crippen LogP contribution in [-0.2, 0) is 4.79 Å². The van der Waals surface area contributed by atoms with Crippen molar-refractivity contribution in [3.8, 4) is 0 Å². The molecule has 0 saturated carbocycles. The highest BCUT2D eigenvalue weighted by Crippen LogP contribution is 2.15. The smallest absolute Gasteiger partial charge is 0.225 e. The normalized spacial score (nSPS) is 17.3. The van der Waals surface area contributed by atoms with Crippen LogP contribution in [0.1, 0.15) is 18.4 Å². The van der Waals surface area contributed by atoms with E-state index in [9.17, 15) is 9.18 Å². The van der Waals surface area contributed by atoms with Crippen LogP contribution in [0.2, 0.25) is 0 Å². The van der Waals surface area contributed by atoms with E-state index in [0.29, 0.717) is 6.54 Å². The Morgan fingerprint density at radius 3 is 2.65 bits per heavy atom. The van der Waals surface area contributed by atoms with Gasteiger partial charge in [0, 0.05) is 19.6 Å². The van der Waals surface area contributed by atoms with Gasteiger partial charge in [-0.15, -0.1) is 0 Å². The molecule has 0 spiro atoms. The topological polar surface area (TPSA) is 41.1 Å². The minimum Gasteiger partial charge on any atom is -0.355 e. The van der Waals surface area contributed by atoms with Crippen molar-refractivity contribution < 1.29 is 9.18 Å². The maximum absolute atomic E-state index is 12.7. The quantitative estimate of drug-likeness (QED) is 0.826. The van der Waals surface area contributed by atoms with E-state index in [2.05, 4.69) is 10.6 Å². The number of hydrogen-bond acceptors (Lipinski definition) is 2. The zero-order chi connectivity index (χ0) is 12.3. The maximum Gasteiger partial charge on any atom is 0.225 e. The van der Waals surface area contributed by atoms with Gasteiger partial charge in [-0.25, -0.2) is 4.39 Å². The highest BCUT2D eigenvalue weighted by molar-refractivity contribution is 5.80. The third-order valence-corrected chi connectivity index (χ3v) is 3.17. The van der Waals surface area contributed by atoms with Crippen LogP contribution in [0.25, 0.3) is 0 Å². The SMILES string of the molecule is CC(CNC(=O)C1CNC1)c1ccc(F)cc1. The third kappa shape index (κ3) is 3.03. The van der Waals surface area contributed by atoms with Crippen LogP contribution in [0.5, 0.6) is 0 Å². The summed E-state index contributed by atoms with van der Waals surface area (Å²) >= 11 is 0. The molecule has 1 aromatic carbocycles. The summed E-state index contributed by atoms with van der Waals surface area (Å²) in [6, 6.07) is 6.42. The van der Waals surface area contributed by atoms with Crippen molar-refractivity contribution in [3.63, 3.8) is 0 Å². The predicted octanol–water partition coefficient (Wildman–Crippen LogP) is 1.26. The first-order valence-corrected chi connectivity index (χ1v) is 5.90. The van der Waals surface area contributed by atoms with E-state index >= 15 is 0 Å². The van der Waals surface area contributed by atoms with Crippen molar-refractivity contribution in [2.45, 2.75) is 12.8 Å². The molecule has 0 bridgehead atoms. The van der Waals surface area contributed by atoms with Gasteiger partial charge in [-0.2, -0.15) is 0 Å². The van der Waals surface area contributed by atoms with E-state index in [1.807, 2.05) is 6.92 Å². The second kappa shape index (κ2) is 5.27. The monoisotopic (exact) mass is 236 g/mol. The first kappa shape index (κ1) is 12.0. The zero-order valence-corrected chi connectivity index (χ0v) is 9.87. The van der Waals surface area contributed by atoms with Gasteiger partial charge in [0.2, 0.25) is 5.91 Å². The Labute approximate surface area is 100 Å². The first-order chi connectivity index (χ1) is 8.16. The van der Waals surface area contributed by atoms with E-state index in [1.165, 1.54) is 12.1 Å². The molecule has 2 N–H and O–H groups in total. The molecule has 0 aromatic heterocycles. The van der Waals surface area contributed by atoms with Gasteiger partial charge in [0.1, 0.15) is 5.82 Å². The van der Waals surface area contributed by atoms with Gasteiger partial charge in [0.05, 0.1) is 5.92 Å². The van der Waals surface area contributed by atoms with E-state index in [0.717, 1.165) is 18.7 Å². The largest absolute Gasteiger partial charge is 0.355 e. The van der Waals surface area contributed by atoms with Gasteiger partial charge < -0.3 is 10.6 Å². The maximum atomic E-state index is 12.7. The zero-order valence-electron chi connectivity index (χ0n) is 9.87. The van der Waals surface area contributed by atoms with Gasteiger partial charge in [-0.05, 0) is 23.6 Å². The van der Waals surface area contributed by atoms with E-state index in [1.54, 1.807) is 12.1 Å². The van der Waals surface area contributed by atoms with Crippen molar-refractivity contribution in [1.82, 2.24) is 10.6 Å². The van der Waals surface area contributed by atoms with Gasteiger partial charge in [0.25, 0.3) is 0 Å². The molecular formula is C13H17FN2O. The van der Waals surface area contributed by atoms with Crippen LogP contribution in [0.15, 0.2) is 24.3 Å². The molecule has 0 radical (unpaired) electrons. The number of halogens is 1. The summed E-state index contributed by atoms with van der Waals surface area (Å²) in [5.41, 5.74) is 1.04. The molecule has 1 fully saturated rings. The fourth-order valence-corrected chi connectivity index (χ4v) is 1.78. The lowest BCUT2D eigenvalue weighted by Gasteiger charge is -2.26. The molecule has 1 aromatic rings. The van der Waals surface area contributed by atoms with Crippen molar-refractivity contribution in [2.24, 2.45) is 5.92 Å². The highest BCUT2D eigenvalue weighted by atomic mass is 19.1. The molecular weight excluding hydrogens is 219 g/mol. The molecule has 2 rings (SSSR count). The fourth-order valence-electron chi connectivity index (χ4n) is 1.78. The lowest BCUT2D eigenvalue weighted by Crippen LogP contribution is -2.51. The van der Waals surface area contributed by atoms with E-state index < -0.39 is 0 Å². The van der Waals surface area contributed by atoms with Crippen LogP contribution in [0.4, 0.5) is 4.39 Å². The van der Waals surface area contributed by atoms with Gasteiger partial charge >= 0.3 is 0 Å². The van der Waals surface area contributed by atoms with Crippen LogP contribution >= 0.6 is 0 Å². The number of rotatable bonds is 4. The third-order valence-electron chi connectivity index (χ3n) is 3.17. The summed E-state index contributed by atoms with van der Waals surface area (Å²) in [6.45, 7) is 4.17. The van der Waals surface area contributed by atoms with Crippen molar-refractivity contribution in [3.05, 3.63) is 35.6 Å². The van der Waals surface area contributed by atoms with Crippen molar-refractivity contribution in [1.29, 1.82) is 0 Å². The van der Waals surface area contributed by atoms with Crippen molar-refractivity contribution >= 4 is 5.91 Å². The molecule has 92 valence electrons. The number of amides is 1. The van der Waals surface area contributed by atoms with Gasteiger partial charge in [-0.3, -0.25) is 4.79 Å². The average molecular weight is 236 g/mol. The Kier molecular flexibility index (Phi) is 3.74. The summed E-state index contributed by atoms with van der Waals surface area (Å²) in [4.78, 5) is 11.6. The minimum atomic E-state index is -0.231. The second-order valence-electron chi connectivity index (χ2n) is 4.55. The summed E-state index contributed by atoms with van der Waals surface area (Å²) in [5.74, 6) is 0.200. The molecule has 0 aliphatic carbocycles. The van der Waals surface area contributed by atoms with Crippen LogP contribution in [-0.4, -0.2) is 25.5 Å². The lowest BCUT2D eigenvalue weighted by molar-refractivity contribution is -0.126. The second-order valence-corrected chi connectivity index (χ2v) is 4.55. The number of carbonyl (C=O) groups is 1. The van der Waals surface area contributed by atoms with Crippen LogP contribution in [0, 0.1) is 11.7 Å². The molecule has 1 heterocycles. The minimum absolute atomic E-state index is 0.109. The number of hydrogen-bond donors (Lipinski definition) is 2. The molecule has 1 unspecified atom stereocenters. The summed E-state index contributed by atoms with van der Waals surface area (Å²) in [6.07, 6.45) is 0. The lowest BCUT2D eigenvalue weighted by atomic mass is 9.99. The summed E-state index contributed by atoms with van der Waals surface area (Å²) in [7, 11) is 0. The Balaban J connectivity index is 1.82. The molecule has 1 aliphatic rings. The predicted molar refractivity (Wildman–Crippen MR) is 64.2 cm³/mol. The molecule has 1 saturated heterocycles. The number of nitrogens with one attached hydrogen (secondary N) is 2. The fraction of sp³-hybridized carbons (Fsp3) is 0.462. The van der Waals surface area contributed by atoms with Crippen molar-refractivity contribution in [2.75, 3.05) is 19.6 Å². The molecule has 17 heavy (non-hydrogen) atoms.